The summed E-state index contributed by atoms with van der Waals surface area (Å²) in [5, 5.41) is 0. The fourth-order valence-electron chi connectivity index (χ4n) is 4.11. The van der Waals surface area contributed by atoms with Crippen LogP contribution < -0.4 is 10.6 Å². The number of anilines is 1. The largest absolute Gasteiger partial charge is 0.366 e. The summed E-state index contributed by atoms with van der Waals surface area (Å²) >= 11 is 1.32. The van der Waals surface area contributed by atoms with Crippen molar-refractivity contribution in [3.63, 3.8) is 0 Å². The zero-order valence-corrected chi connectivity index (χ0v) is 17.9. The Morgan fingerprint density at radius 3 is 2.68 bits per heavy atom. The number of primary amides is 1. The van der Waals surface area contributed by atoms with E-state index in [0.717, 1.165) is 11.1 Å². The second kappa shape index (κ2) is 8.89. The van der Waals surface area contributed by atoms with Crippen LogP contribution in [0.2, 0.25) is 0 Å². The first-order valence-corrected chi connectivity index (χ1v) is 11.2. The van der Waals surface area contributed by atoms with Crippen molar-refractivity contribution in [1.29, 1.82) is 0 Å². The Kier molecular flexibility index (Phi) is 6.04. The molecule has 0 radical (unpaired) electrons. The molecule has 2 N–H and O–H groups in total. The molecule has 31 heavy (non-hydrogen) atoms. The van der Waals surface area contributed by atoms with Gasteiger partial charge >= 0.3 is 0 Å². The van der Waals surface area contributed by atoms with Gasteiger partial charge in [-0.3, -0.25) is 14.6 Å². The molecular weight excluding hydrogens is 413 g/mol. The van der Waals surface area contributed by atoms with E-state index >= 15 is 4.39 Å². The number of nitrogens with two attached hydrogens (primary N) is 1. The summed E-state index contributed by atoms with van der Waals surface area (Å²) in [6.07, 6.45) is 6.04. The first kappa shape index (κ1) is 21.1. The molecule has 0 spiro atoms. The first-order valence-electron chi connectivity index (χ1n) is 10.00. The molecule has 7 heteroatoms. The minimum Gasteiger partial charge on any atom is -0.366 e. The quantitative estimate of drug-likeness (QED) is 0.594. The van der Waals surface area contributed by atoms with E-state index < -0.39 is 17.6 Å². The lowest BCUT2D eigenvalue weighted by Gasteiger charge is -2.33. The first-order chi connectivity index (χ1) is 15.0. The normalized spacial score (nSPS) is 16.4. The van der Waals surface area contributed by atoms with Crippen molar-refractivity contribution in [2.45, 2.75) is 23.7 Å². The highest BCUT2D eigenvalue weighted by Gasteiger charge is 2.34. The molecule has 1 aromatic heterocycles. The zero-order valence-electron chi connectivity index (χ0n) is 17.0. The molecule has 1 aliphatic heterocycles. The van der Waals surface area contributed by atoms with E-state index in [0.29, 0.717) is 29.8 Å². The van der Waals surface area contributed by atoms with Gasteiger partial charge in [0.2, 0.25) is 11.8 Å². The van der Waals surface area contributed by atoms with Crippen LogP contribution in [0.4, 0.5) is 10.1 Å². The summed E-state index contributed by atoms with van der Waals surface area (Å²) in [5.41, 5.74) is 8.23. The minimum atomic E-state index is -0.606. The van der Waals surface area contributed by atoms with Crippen LogP contribution in [0.1, 0.15) is 34.7 Å². The molecule has 5 nitrogen and oxygen atoms in total. The third-order valence-corrected chi connectivity index (χ3v) is 6.40. The van der Waals surface area contributed by atoms with Gasteiger partial charge in [-0.25, -0.2) is 4.39 Å². The number of rotatable bonds is 5. The van der Waals surface area contributed by atoms with Gasteiger partial charge in [0.05, 0.1) is 16.5 Å². The molecule has 4 rings (SSSR count). The molecule has 1 atom stereocenters. The maximum absolute atomic E-state index is 15.6. The highest BCUT2D eigenvalue weighted by atomic mass is 32.2. The molecule has 158 valence electrons. The Hall–Kier alpha value is -3.19. The highest BCUT2D eigenvalue weighted by molar-refractivity contribution is 7.98. The van der Waals surface area contributed by atoms with E-state index in [1.807, 2.05) is 42.7 Å². The lowest BCUT2D eigenvalue weighted by atomic mass is 9.87. The van der Waals surface area contributed by atoms with Gasteiger partial charge in [-0.2, -0.15) is 0 Å². The molecular formula is C24H22FN3O2S. The van der Waals surface area contributed by atoms with Gasteiger partial charge < -0.3 is 10.6 Å². The molecule has 2 heterocycles. The number of pyridine rings is 1. The number of amides is 2. The van der Waals surface area contributed by atoms with Gasteiger partial charge in [0.15, 0.2) is 5.82 Å². The molecule has 0 bridgehead atoms. The highest BCUT2D eigenvalue weighted by Crippen LogP contribution is 2.39. The standard InChI is InChI=1S/C24H22FN3O2S/c1-31-22-16(15-6-3-2-4-7-15)9-10-20(21(22)25)28-13-5-8-18(24(28)30)19-14-27-12-11-17(19)23(26)29/h2-4,6-7,9-12,14,18H,5,8,13H2,1H3,(H2,26,29). The van der Waals surface area contributed by atoms with E-state index in [9.17, 15) is 9.59 Å². The van der Waals surface area contributed by atoms with Crippen molar-refractivity contribution >= 4 is 29.3 Å². The lowest BCUT2D eigenvalue weighted by Crippen LogP contribution is -2.41. The van der Waals surface area contributed by atoms with Gasteiger partial charge in [0.25, 0.3) is 0 Å². The SMILES string of the molecule is CSc1c(-c2ccccc2)ccc(N2CCCC(c3cnccc3C(N)=O)C2=O)c1F. The van der Waals surface area contributed by atoms with Crippen LogP contribution in [-0.4, -0.2) is 29.6 Å². The van der Waals surface area contributed by atoms with Gasteiger partial charge in [-0.1, -0.05) is 36.4 Å². The Morgan fingerprint density at radius 2 is 1.97 bits per heavy atom. The van der Waals surface area contributed by atoms with Crippen molar-refractivity contribution in [2.75, 3.05) is 17.7 Å². The zero-order chi connectivity index (χ0) is 22.0. The minimum absolute atomic E-state index is 0.250. The molecule has 2 amide bonds. The van der Waals surface area contributed by atoms with Crippen LogP contribution in [0, 0.1) is 5.82 Å². The van der Waals surface area contributed by atoms with Crippen molar-refractivity contribution in [3.05, 3.63) is 77.9 Å². The molecule has 2 aromatic carbocycles. The van der Waals surface area contributed by atoms with Crippen LogP contribution >= 0.6 is 11.8 Å². The van der Waals surface area contributed by atoms with E-state index in [4.69, 9.17) is 5.73 Å². The second-order valence-corrected chi connectivity index (χ2v) is 8.17. The number of halogens is 1. The average molecular weight is 436 g/mol. The summed E-state index contributed by atoms with van der Waals surface area (Å²) in [7, 11) is 0. The van der Waals surface area contributed by atoms with Gasteiger partial charge in [0.1, 0.15) is 0 Å². The summed E-state index contributed by atoms with van der Waals surface area (Å²) in [6.45, 7) is 0.414. The number of hydrogen-bond acceptors (Lipinski definition) is 4. The number of carbonyl (C=O) groups excluding carboxylic acids is 2. The molecule has 0 aliphatic carbocycles. The molecule has 1 unspecified atom stereocenters. The van der Waals surface area contributed by atoms with E-state index in [1.54, 1.807) is 6.07 Å². The number of nitrogens with zero attached hydrogens (tertiary/aromatic N) is 2. The van der Waals surface area contributed by atoms with Crippen molar-refractivity contribution in [1.82, 2.24) is 4.98 Å². The number of aromatic nitrogens is 1. The fourth-order valence-corrected chi connectivity index (χ4v) is 4.80. The third-order valence-electron chi connectivity index (χ3n) is 5.59. The van der Waals surface area contributed by atoms with Crippen molar-refractivity contribution < 1.29 is 14.0 Å². The monoisotopic (exact) mass is 435 g/mol. The lowest BCUT2D eigenvalue weighted by molar-refractivity contribution is -0.121. The Bertz CT molecular complexity index is 1140. The predicted octanol–water partition coefficient (Wildman–Crippen LogP) is 4.62. The average Bonchev–Trinajstić information content (AvgIpc) is 2.80. The van der Waals surface area contributed by atoms with Crippen LogP contribution in [0.3, 0.4) is 0 Å². The Morgan fingerprint density at radius 1 is 1.19 bits per heavy atom. The van der Waals surface area contributed by atoms with Gasteiger partial charge in [-0.05, 0) is 47.9 Å². The number of hydrogen-bond donors (Lipinski definition) is 1. The summed E-state index contributed by atoms with van der Waals surface area (Å²) in [5.74, 6) is -1.86. The van der Waals surface area contributed by atoms with Crippen LogP contribution in [0.5, 0.6) is 0 Å². The maximum atomic E-state index is 15.6. The maximum Gasteiger partial charge on any atom is 0.249 e. The van der Waals surface area contributed by atoms with Crippen molar-refractivity contribution in [3.8, 4) is 11.1 Å². The number of carbonyl (C=O) groups is 2. The topological polar surface area (TPSA) is 76.3 Å². The summed E-state index contributed by atoms with van der Waals surface area (Å²) in [6, 6.07) is 14.6. The van der Waals surface area contributed by atoms with E-state index in [1.165, 1.54) is 35.1 Å². The van der Waals surface area contributed by atoms with E-state index in [-0.39, 0.29) is 17.2 Å². The smallest absolute Gasteiger partial charge is 0.249 e. The summed E-state index contributed by atoms with van der Waals surface area (Å²) in [4.78, 5) is 31.3. The van der Waals surface area contributed by atoms with Crippen LogP contribution in [-0.2, 0) is 4.79 Å². The van der Waals surface area contributed by atoms with Crippen LogP contribution in [0.15, 0.2) is 65.8 Å². The number of piperidine rings is 1. The van der Waals surface area contributed by atoms with Crippen molar-refractivity contribution in [2.24, 2.45) is 5.73 Å². The van der Waals surface area contributed by atoms with Gasteiger partial charge in [-0.15, -0.1) is 11.8 Å². The number of benzene rings is 2. The summed E-state index contributed by atoms with van der Waals surface area (Å²) < 4.78 is 15.6. The fraction of sp³-hybridized carbons (Fsp3) is 0.208. The number of thioether (sulfide) groups is 1. The predicted molar refractivity (Wildman–Crippen MR) is 121 cm³/mol. The molecule has 1 fully saturated rings. The molecule has 1 aliphatic rings. The van der Waals surface area contributed by atoms with E-state index in [2.05, 4.69) is 4.98 Å². The molecule has 1 saturated heterocycles. The molecule has 0 saturated carbocycles. The molecule has 3 aromatic rings. The Labute approximate surface area is 184 Å². The third kappa shape index (κ3) is 3.93. The van der Waals surface area contributed by atoms with Gasteiger partial charge in [0, 0.05) is 24.5 Å². The second-order valence-electron chi connectivity index (χ2n) is 7.36. The Balaban J connectivity index is 1.73. The van der Waals surface area contributed by atoms with Crippen LogP contribution in [0.25, 0.3) is 11.1 Å².